The lowest BCUT2D eigenvalue weighted by Gasteiger charge is -2.26. The second-order valence-electron chi connectivity index (χ2n) is 5.08. The number of nitrogens with two attached hydrogens (primary N) is 1. The van der Waals surface area contributed by atoms with Crippen molar-refractivity contribution in [3.8, 4) is 0 Å². The second kappa shape index (κ2) is 4.51. The summed E-state index contributed by atoms with van der Waals surface area (Å²) >= 11 is 0. The predicted octanol–water partition coefficient (Wildman–Crippen LogP) is 2.38. The van der Waals surface area contributed by atoms with Gasteiger partial charge in [-0.05, 0) is 31.6 Å². The standard InChI is InChI=1S/C13H22N4/c1-4-13(5-2)6-7-17(9-13)12-8-11(14)15-10(3)16-12/h8H,4-7,9H2,1-3H3,(H2,14,15,16). The maximum Gasteiger partial charge on any atom is 0.134 e. The molecule has 1 aromatic rings. The third-order valence-electron chi connectivity index (χ3n) is 4.11. The molecule has 1 aliphatic heterocycles. The normalized spacial score (nSPS) is 18.6. The summed E-state index contributed by atoms with van der Waals surface area (Å²) in [6.07, 6.45) is 3.72. The zero-order valence-corrected chi connectivity index (χ0v) is 11.0. The molecule has 0 radical (unpaired) electrons. The number of rotatable bonds is 3. The van der Waals surface area contributed by atoms with E-state index in [1.807, 2.05) is 13.0 Å². The van der Waals surface area contributed by atoms with Gasteiger partial charge in [-0.15, -0.1) is 0 Å². The van der Waals surface area contributed by atoms with Gasteiger partial charge in [-0.1, -0.05) is 13.8 Å². The summed E-state index contributed by atoms with van der Waals surface area (Å²) in [5.41, 5.74) is 6.25. The predicted molar refractivity (Wildman–Crippen MR) is 71.0 cm³/mol. The first-order chi connectivity index (χ1) is 8.08. The van der Waals surface area contributed by atoms with Crippen LogP contribution in [0.2, 0.25) is 0 Å². The minimum absolute atomic E-state index is 0.466. The van der Waals surface area contributed by atoms with E-state index in [0.29, 0.717) is 11.2 Å². The highest BCUT2D eigenvalue weighted by Gasteiger charge is 2.35. The smallest absolute Gasteiger partial charge is 0.134 e. The van der Waals surface area contributed by atoms with Crippen molar-refractivity contribution in [2.75, 3.05) is 23.7 Å². The number of aryl methyl sites for hydroxylation is 1. The first-order valence-electron chi connectivity index (χ1n) is 6.44. The molecule has 4 heteroatoms. The van der Waals surface area contributed by atoms with E-state index < -0.39 is 0 Å². The topological polar surface area (TPSA) is 55.0 Å². The molecule has 4 nitrogen and oxygen atoms in total. The molecule has 1 saturated heterocycles. The van der Waals surface area contributed by atoms with Gasteiger partial charge in [0.2, 0.25) is 0 Å². The molecule has 1 aliphatic rings. The highest BCUT2D eigenvalue weighted by molar-refractivity contribution is 5.48. The SMILES string of the molecule is CCC1(CC)CCN(c2cc(N)nc(C)n2)C1. The van der Waals surface area contributed by atoms with Crippen LogP contribution in [0.1, 0.15) is 38.9 Å². The highest BCUT2D eigenvalue weighted by atomic mass is 15.2. The molecule has 0 aliphatic carbocycles. The van der Waals surface area contributed by atoms with Gasteiger partial charge in [-0.25, -0.2) is 9.97 Å². The van der Waals surface area contributed by atoms with Gasteiger partial charge in [0.1, 0.15) is 17.5 Å². The van der Waals surface area contributed by atoms with Gasteiger partial charge in [0.25, 0.3) is 0 Å². The monoisotopic (exact) mass is 234 g/mol. The summed E-state index contributed by atoms with van der Waals surface area (Å²) in [4.78, 5) is 11.0. The van der Waals surface area contributed by atoms with E-state index >= 15 is 0 Å². The Hall–Kier alpha value is -1.32. The van der Waals surface area contributed by atoms with Crippen molar-refractivity contribution in [3.05, 3.63) is 11.9 Å². The molecule has 0 bridgehead atoms. The fourth-order valence-electron chi connectivity index (χ4n) is 2.69. The number of hydrogen-bond acceptors (Lipinski definition) is 4. The molecular weight excluding hydrogens is 212 g/mol. The van der Waals surface area contributed by atoms with E-state index in [4.69, 9.17) is 5.73 Å². The van der Waals surface area contributed by atoms with Crippen LogP contribution in [0.15, 0.2) is 6.07 Å². The molecule has 0 amide bonds. The molecule has 17 heavy (non-hydrogen) atoms. The van der Waals surface area contributed by atoms with Gasteiger partial charge in [0.05, 0.1) is 0 Å². The number of nitrogens with zero attached hydrogens (tertiary/aromatic N) is 3. The largest absolute Gasteiger partial charge is 0.384 e. The van der Waals surface area contributed by atoms with Crippen LogP contribution in [0.5, 0.6) is 0 Å². The van der Waals surface area contributed by atoms with Crippen LogP contribution in [0.4, 0.5) is 11.6 Å². The Bertz CT molecular complexity index is 378. The summed E-state index contributed by atoms with van der Waals surface area (Å²) in [5.74, 6) is 2.31. The van der Waals surface area contributed by atoms with E-state index in [9.17, 15) is 0 Å². The third-order valence-corrected chi connectivity index (χ3v) is 4.11. The van der Waals surface area contributed by atoms with Gasteiger partial charge >= 0.3 is 0 Å². The number of nitrogen functional groups attached to an aromatic ring is 1. The molecule has 1 aromatic heterocycles. The maximum absolute atomic E-state index is 5.78. The van der Waals surface area contributed by atoms with Crippen LogP contribution in [0.3, 0.4) is 0 Å². The van der Waals surface area contributed by atoms with Crippen LogP contribution >= 0.6 is 0 Å². The van der Waals surface area contributed by atoms with E-state index in [0.717, 1.165) is 24.7 Å². The Kier molecular flexibility index (Phi) is 3.22. The lowest BCUT2D eigenvalue weighted by molar-refractivity contribution is 0.301. The molecule has 2 rings (SSSR count). The van der Waals surface area contributed by atoms with E-state index in [-0.39, 0.29) is 0 Å². The van der Waals surface area contributed by atoms with Crippen molar-refractivity contribution in [1.29, 1.82) is 0 Å². The van der Waals surface area contributed by atoms with Crippen LogP contribution in [0, 0.1) is 12.3 Å². The summed E-state index contributed by atoms with van der Waals surface area (Å²) < 4.78 is 0. The zero-order chi connectivity index (χ0) is 12.5. The quantitative estimate of drug-likeness (QED) is 0.872. The van der Waals surface area contributed by atoms with Crippen molar-refractivity contribution < 1.29 is 0 Å². The average molecular weight is 234 g/mol. The van der Waals surface area contributed by atoms with E-state index in [1.54, 1.807) is 0 Å². The van der Waals surface area contributed by atoms with Gasteiger partial charge in [-0.2, -0.15) is 0 Å². The first kappa shape index (κ1) is 12.1. The average Bonchev–Trinajstić information content (AvgIpc) is 2.73. The Balaban J connectivity index is 2.20. The van der Waals surface area contributed by atoms with Crippen molar-refractivity contribution >= 4 is 11.6 Å². The summed E-state index contributed by atoms with van der Waals surface area (Å²) in [6.45, 7) is 8.63. The fraction of sp³-hybridized carbons (Fsp3) is 0.692. The van der Waals surface area contributed by atoms with Crippen molar-refractivity contribution in [1.82, 2.24) is 9.97 Å². The Morgan fingerprint density at radius 2 is 2.06 bits per heavy atom. The van der Waals surface area contributed by atoms with Crippen LogP contribution in [-0.4, -0.2) is 23.1 Å². The molecule has 0 saturated carbocycles. The Labute approximate surface area is 103 Å². The molecule has 0 spiro atoms. The van der Waals surface area contributed by atoms with Crippen LogP contribution < -0.4 is 10.6 Å². The summed E-state index contributed by atoms with van der Waals surface area (Å²) in [6, 6.07) is 1.88. The van der Waals surface area contributed by atoms with E-state index in [2.05, 4.69) is 28.7 Å². The van der Waals surface area contributed by atoms with Crippen molar-refractivity contribution in [2.45, 2.75) is 40.0 Å². The molecule has 0 aromatic carbocycles. The lowest BCUT2D eigenvalue weighted by Crippen LogP contribution is -2.27. The Morgan fingerprint density at radius 3 is 2.59 bits per heavy atom. The maximum atomic E-state index is 5.78. The van der Waals surface area contributed by atoms with Crippen LogP contribution in [-0.2, 0) is 0 Å². The fourth-order valence-corrected chi connectivity index (χ4v) is 2.69. The molecule has 2 N–H and O–H groups in total. The first-order valence-corrected chi connectivity index (χ1v) is 6.44. The zero-order valence-electron chi connectivity index (χ0n) is 11.0. The minimum Gasteiger partial charge on any atom is -0.384 e. The Morgan fingerprint density at radius 1 is 1.35 bits per heavy atom. The molecular formula is C13H22N4. The van der Waals surface area contributed by atoms with Gasteiger partial charge < -0.3 is 10.6 Å². The molecule has 1 fully saturated rings. The second-order valence-corrected chi connectivity index (χ2v) is 5.08. The number of aromatic nitrogens is 2. The van der Waals surface area contributed by atoms with Gasteiger partial charge in [-0.3, -0.25) is 0 Å². The van der Waals surface area contributed by atoms with E-state index in [1.165, 1.54) is 19.3 Å². The molecule has 0 unspecified atom stereocenters. The van der Waals surface area contributed by atoms with Crippen molar-refractivity contribution in [3.63, 3.8) is 0 Å². The summed E-state index contributed by atoms with van der Waals surface area (Å²) in [7, 11) is 0. The minimum atomic E-state index is 0.466. The van der Waals surface area contributed by atoms with Crippen molar-refractivity contribution in [2.24, 2.45) is 5.41 Å². The lowest BCUT2D eigenvalue weighted by atomic mass is 9.82. The van der Waals surface area contributed by atoms with Gasteiger partial charge in [0.15, 0.2) is 0 Å². The third kappa shape index (κ3) is 2.35. The molecule has 0 atom stereocenters. The highest BCUT2D eigenvalue weighted by Crippen LogP contribution is 2.38. The number of hydrogen-bond donors (Lipinski definition) is 1. The summed E-state index contributed by atoms with van der Waals surface area (Å²) in [5, 5.41) is 0. The van der Waals surface area contributed by atoms with Gasteiger partial charge in [0, 0.05) is 19.2 Å². The molecule has 94 valence electrons. The number of anilines is 2. The van der Waals surface area contributed by atoms with Crippen LogP contribution in [0.25, 0.3) is 0 Å². The molecule has 2 heterocycles.